The van der Waals surface area contributed by atoms with E-state index in [1.54, 1.807) is 6.08 Å². The molecular weight excluding hydrogens is 372 g/mol. The summed E-state index contributed by atoms with van der Waals surface area (Å²) < 4.78 is 11.5. The van der Waals surface area contributed by atoms with Crippen LogP contribution < -0.4 is 0 Å². The lowest BCUT2D eigenvalue weighted by Gasteiger charge is -2.13. The molecule has 30 heavy (non-hydrogen) atoms. The third-order valence-electron chi connectivity index (χ3n) is 4.51. The summed E-state index contributed by atoms with van der Waals surface area (Å²) >= 11 is 0. The molecule has 0 amide bonds. The number of hydrogen-bond donors (Lipinski definition) is 2. The molecule has 0 aliphatic carbocycles. The molecule has 0 bridgehead atoms. The minimum Gasteiger partial charge on any atom is -0.483 e. The van der Waals surface area contributed by atoms with Crippen LogP contribution in [-0.4, -0.2) is 11.6 Å². The van der Waals surface area contributed by atoms with Gasteiger partial charge in [-0.25, -0.2) is 0 Å². The Morgan fingerprint density at radius 1 is 0.700 bits per heavy atom. The lowest BCUT2D eigenvalue weighted by Crippen LogP contribution is -2.13. The smallest absolute Gasteiger partial charge is 0.249 e. The van der Waals surface area contributed by atoms with Gasteiger partial charge in [0.05, 0.1) is 0 Å². The summed E-state index contributed by atoms with van der Waals surface area (Å²) in [7, 11) is 0. The van der Waals surface area contributed by atoms with Gasteiger partial charge < -0.3 is 14.9 Å². The number of rotatable bonds is 9. The zero-order valence-corrected chi connectivity index (χ0v) is 17.1. The van der Waals surface area contributed by atoms with E-state index in [1.165, 1.54) is 5.56 Å². The molecular formula is C26H26N2O2. The van der Waals surface area contributed by atoms with Crippen LogP contribution in [-0.2, 0) is 29.1 Å². The van der Waals surface area contributed by atoms with Gasteiger partial charge in [0.25, 0.3) is 0 Å². The molecule has 3 rings (SSSR count). The van der Waals surface area contributed by atoms with Crippen molar-refractivity contribution in [1.82, 2.24) is 0 Å². The molecule has 3 aromatic carbocycles. The predicted octanol–water partition coefficient (Wildman–Crippen LogP) is 5.85. The second-order valence-electron chi connectivity index (χ2n) is 7.07. The van der Waals surface area contributed by atoms with Crippen LogP contribution in [0.15, 0.2) is 96.8 Å². The van der Waals surface area contributed by atoms with Crippen LogP contribution in [0.2, 0.25) is 0 Å². The summed E-state index contributed by atoms with van der Waals surface area (Å²) in [5.41, 5.74) is 4.54. The first-order chi connectivity index (χ1) is 14.6. The molecule has 4 nitrogen and oxygen atoms in total. The number of aryl methyl sites for hydroxylation is 1. The molecule has 0 aliphatic rings. The Kier molecular flexibility index (Phi) is 7.56. The predicted molar refractivity (Wildman–Crippen MR) is 121 cm³/mol. The van der Waals surface area contributed by atoms with Crippen LogP contribution in [0.4, 0.5) is 0 Å². The largest absolute Gasteiger partial charge is 0.483 e. The molecule has 0 aliphatic heterocycles. The van der Waals surface area contributed by atoms with Crippen molar-refractivity contribution < 1.29 is 9.47 Å². The highest BCUT2D eigenvalue weighted by Crippen LogP contribution is 2.12. The number of nitrogens with one attached hydrogen (secondary N) is 2. The Morgan fingerprint density at radius 2 is 1.23 bits per heavy atom. The van der Waals surface area contributed by atoms with Crippen LogP contribution in [0.1, 0.15) is 22.3 Å². The quantitative estimate of drug-likeness (QED) is 0.270. The second kappa shape index (κ2) is 10.8. The first-order valence-electron chi connectivity index (χ1n) is 9.87. The van der Waals surface area contributed by atoms with E-state index in [-0.39, 0.29) is 18.3 Å². The summed E-state index contributed by atoms with van der Waals surface area (Å²) in [6.07, 6.45) is 2.04. The van der Waals surface area contributed by atoms with Crippen molar-refractivity contribution in [3.8, 4) is 0 Å². The van der Waals surface area contributed by atoms with E-state index in [1.807, 2.05) is 91.9 Å². The summed E-state index contributed by atoms with van der Waals surface area (Å²) in [5.74, 6) is 0.176. The minimum atomic E-state index is -0.0801. The standard InChI is InChI=1S/C26H26N2O2/c1-20-12-14-21(15-13-20)16-24(27)17-25(29-18-22-8-4-2-5-9-22)26(28)30-19-23-10-6-3-7-11-23/h2-15,17,27-28H,16,18-19H2,1H3/b25-17+,27-24?,28-26?. The van der Waals surface area contributed by atoms with E-state index in [4.69, 9.17) is 20.3 Å². The van der Waals surface area contributed by atoms with Gasteiger partial charge in [-0.05, 0) is 23.6 Å². The number of allylic oxidation sites excluding steroid dienone is 1. The van der Waals surface area contributed by atoms with Crippen molar-refractivity contribution in [2.45, 2.75) is 26.6 Å². The average Bonchev–Trinajstić information content (AvgIpc) is 2.78. The maximum absolute atomic E-state index is 8.37. The van der Waals surface area contributed by atoms with E-state index in [2.05, 4.69) is 0 Å². The first-order valence-corrected chi connectivity index (χ1v) is 9.87. The van der Waals surface area contributed by atoms with Crippen molar-refractivity contribution in [3.05, 3.63) is 119 Å². The number of ether oxygens (including phenoxy) is 2. The fraction of sp³-hybridized carbons (Fsp3) is 0.154. The minimum absolute atomic E-state index is 0.0801. The highest BCUT2D eigenvalue weighted by molar-refractivity contribution is 6.01. The van der Waals surface area contributed by atoms with Crippen molar-refractivity contribution in [1.29, 1.82) is 10.8 Å². The molecule has 0 saturated carbocycles. The molecule has 152 valence electrons. The molecule has 4 heteroatoms. The van der Waals surface area contributed by atoms with Gasteiger partial charge in [-0.1, -0.05) is 90.5 Å². The van der Waals surface area contributed by atoms with E-state index in [9.17, 15) is 0 Å². The molecule has 0 spiro atoms. The van der Waals surface area contributed by atoms with Gasteiger partial charge in [-0.15, -0.1) is 0 Å². The SMILES string of the molecule is Cc1ccc(CC(=N)/C=C(/OCc2ccccc2)C(=N)OCc2ccccc2)cc1. The van der Waals surface area contributed by atoms with Crippen molar-refractivity contribution >= 4 is 11.6 Å². The van der Waals surface area contributed by atoms with E-state index < -0.39 is 0 Å². The van der Waals surface area contributed by atoms with Crippen LogP contribution >= 0.6 is 0 Å². The topological polar surface area (TPSA) is 66.2 Å². The van der Waals surface area contributed by atoms with Crippen molar-refractivity contribution in [2.24, 2.45) is 0 Å². The Bertz CT molecular complexity index is 994. The molecule has 0 unspecified atom stereocenters. The normalized spacial score (nSPS) is 11.0. The van der Waals surface area contributed by atoms with Gasteiger partial charge in [0.15, 0.2) is 5.76 Å². The highest BCUT2D eigenvalue weighted by Gasteiger charge is 2.11. The lowest BCUT2D eigenvalue weighted by molar-refractivity contribution is 0.191. The first kappa shape index (κ1) is 21.1. The summed E-state index contributed by atoms with van der Waals surface area (Å²) in [6.45, 7) is 2.62. The molecule has 0 heterocycles. The van der Waals surface area contributed by atoms with Gasteiger partial charge in [-0.2, -0.15) is 0 Å². The molecule has 0 aromatic heterocycles. The summed E-state index contributed by atoms with van der Waals surface area (Å²) in [6, 6.07) is 27.5. The molecule has 0 fully saturated rings. The number of hydrogen-bond acceptors (Lipinski definition) is 4. The Hall–Kier alpha value is -3.66. The van der Waals surface area contributed by atoms with Gasteiger partial charge in [0.1, 0.15) is 13.2 Å². The average molecular weight is 399 g/mol. The maximum atomic E-state index is 8.37. The monoisotopic (exact) mass is 398 g/mol. The van der Waals surface area contributed by atoms with E-state index >= 15 is 0 Å². The van der Waals surface area contributed by atoms with E-state index in [0.29, 0.717) is 18.7 Å². The Balaban J connectivity index is 1.69. The highest BCUT2D eigenvalue weighted by atomic mass is 16.5. The lowest BCUT2D eigenvalue weighted by atomic mass is 10.1. The summed E-state index contributed by atoms with van der Waals surface area (Å²) in [5, 5.41) is 16.7. The number of benzene rings is 3. The van der Waals surface area contributed by atoms with Gasteiger partial charge >= 0.3 is 0 Å². The molecule has 3 aromatic rings. The molecule has 2 N–H and O–H groups in total. The molecule has 0 saturated heterocycles. The third kappa shape index (κ3) is 6.74. The van der Waals surface area contributed by atoms with Crippen molar-refractivity contribution in [2.75, 3.05) is 0 Å². The van der Waals surface area contributed by atoms with Crippen LogP contribution in [0.25, 0.3) is 0 Å². The molecule has 0 atom stereocenters. The summed E-state index contributed by atoms with van der Waals surface area (Å²) in [4.78, 5) is 0. The fourth-order valence-electron chi connectivity index (χ4n) is 2.84. The van der Waals surface area contributed by atoms with Crippen LogP contribution in [0, 0.1) is 17.7 Å². The molecule has 0 radical (unpaired) electrons. The third-order valence-corrected chi connectivity index (χ3v) is 4.51. The van der Waals surface area contributed by atoms with Crippen LogP contribution in [0.5, 0.6) is 0 Å². The second-order valence-corrected chi connectivity index (χ2v) is 7.07. The van der Waals surface area contributed by atoms with Crippen LogP contribution in [0.3, 0.4) is 0 Å². The van der Waals surface area contributed by atoms with Gasteiger partial charge in [-0.3, -0.25) is 5.41 Å². The van der Waals surface area contributed by atoms with E-state index in [0.717, 1.165) is 16.7 Å². The van der Waals surface area contributed by atoms with Gasteiger partial charge in [0, 0.05) is 18.2 Å². The Morgan fingerprint density at radius 3 is 1.80 bits per heavy atom. The maximum Gasteiger partial charge on any atom is 0.249 e. The fourth-order valence-corrected chi connectivity index (χ4v) is 2.84. The zero-order valence-electron chi connectivity index (χ0n) is 17.1. The van der Waals surface area contributed by atoms with Crippen molar-refractivity contribution in [3.63, 3.8) is 0 Å². The van der Waals surface area contributed by atoms with Gasteiger partial charge in [0.2, 0.25) is 5.90 Å². The Labute approximate surface area is 177 Å². The zero-order chi connectivity index (χ0) is 21.2.